The number of hydrogen-bond donors (Lipinski definition) is 1. The number of H-pyrrole nitrogens is 1. The SMILES string of the molecule is CCC1O/C(=N/c2nccs2)c2c1[nH]c1c(C(F)(F)F)cccc1c2=O. The van der Waals surface area contributed by atoms with Crippen molar-refractivity contribution >= 4 is 33.3 Å². The molecule has 5 nitrogen and oxygen atoms in total. The van der Waals surface area contributed by atoms with Crippen LogP contribution in [-0.2, 0) is 10.9 Å². The van der Waals surface area contributed by atoms with Crippen molar-refractivity contribution in [3.63, 3.8) is 0 Å². The van der Waals surface area contributed by atoms with Crippen LogP contribution in [0.4, 0.5) is 18.3 Å². The number of pyridine rings is 1. The van der Waals surface area contributed by atoms with Crippen LogP contribution < -0.4 is 5.43 Å². The van der Waals surface area contributed by atoms with Gasteiger partial charge in [-0.3, -0.25) is 4.79 Å². The third kappa shape index (κ3) is 2.59. The van der Waals surface area contributed by atoms with Gasteiger partial charge in [0.25, 0.3) is 0 Å². The molecule has 1 unspecified atom stereocenters. The lowest BCUT2D eigenvalue weighted by atomic mass is 10.0. The second-order valence-corrected chi connectivity index (χ2v) is 6.59. The number of halogens is 3. The predicted octanol–water partition coefficient (Wildman–Crippen LogP) is 4.56. The van der Waals surface area contributed by atoms with Gasteiger partial charge in [0.15, 0.2) is 0 Å². The van der Waals surface area contributed by atoms with E-state index in [1.165, 1.54) is 23.5 Å². The second kappa shape index (κ2) is 5.94. The van der Waals surface area contributed by atoms with Crippen molar-refractivity contribution in [2.75, 3.05) is 0 Å². The zero-order valence-electron chi connectivity index (χ0n) is 13.4. The van der Waals surface area contributed by atoms with E-state index in [1.54, 1.807) is 11.6 Å². The first-order valence-corrected chi connectivity index (χ1v) is 8.69. The summed E-state index contributed by atoms with van der Waals surface area (Å²) in [5, 5.41) is 2.09. The summed E-state index contributed by atoms with van der Waals surface area (Å²) >= 11 is 1.27. The first kappa shape index (κ1) is 16.8. The van der Waals surface area contributed by atoms with Crippen LogP contribution in [0, 0.1) is 0 Å². The number of nitrogens with one attached hydrogen (secondary N) is 1. The number of ether oxygens (including phenoxy) is 1. The number of fused-ring (bicyclic) bond motifs is 2. The van der Waals surface area contributed by atoms with Crippen LogP contribution in [0.5, 0.6) is 0 Å². The van der Waals surface area contributed by atoms with Crippen molar-refractivity contribution in [3.8, 4) is 0 Å². The van der Waals surface area contributed by atoms with Crippen molar-refractivity contribution in [2.45, 2.75) is 25.6 Å². The number of rotatable bonds is 2. The van der Waals surface area contributed by atoms with Gasteiger partial charge in [-0.05, 0) is 18.6 Å². The molecule has 0 fully saturated rings. The minimum Gasteiger partial charge on any atom is -0.467 e. The topological polar surface area (TPSA) is 67.3 Å². The molecule has 0 spiro atoms. The Kier molecular flexibility index (Phi) is 3.83. The summed E-state index contributed by atoms with van der Waals surface area (Å²) in [4.78, 5) is 24.0. The molecule has 1 atom stereocenters. The Labute approximate surface area is 149 Å². The number of aliphatic imine (C=N–C) groups is 1. The molecule has 0 saturated heterocycles. The lowest BCUT2D eigenvalue weighted by Crippen LogP contribution is -2.17. The Bertz CT molecular complexity index is 1070. The van der Waals surface area contributed by atoms with Crippen LogP contribution in [0.1, 0.15) is 36.3 Å². The van der Waals surface area contributed by atoms with Crippen molar-refractivity contribution in [3.05, 3.63) is 56.8 Å². The van der Waals surface area contributed by atoms with Crippen molar-refractivity contribution in [1.29, 1.82) is 0 Å². The minimum atomic E-state index is -4.57. The van der Waals surface area contributed by atoms with Crippen LogP contribution in [0.15, 0.2) is 39.6 Å². The van der Waals surface area contributed by atoms with Gasteiger partial charge < -0.3 is 9.72 Å². The molecule has 2 aromatic heterocycles. The quantitative estimate of drug-likeness (QED) is 0.710. The molecule has 0 amide bonds. The summed E-state index contributed by atoms with van der Waals surface area (Å²) < 4.78 is 45.7. The number of thiazole rings is 1. The van der Waals surface area contributed by atoms with Gasteiger partial charge in [-0.15, -0.1) is 11.3 Å². The molecule has 1 N–H and O–H groups in total. The average molecular weight is 379 g/mol. The number of hydrogen-bond acceptors (Lipinski definition) is 5. The minimum absolute atomic E-state index is 0.0502. The largest absolute Gasteiger partial charge is 0.467 e. The van der Waals surface area contributed by atoms with Crippen LogP contribution in [-0.4, -0.2) is 15.9 Å². The fraction of sp³-hybridized carbons (Fsp3) is 0.235. The predicted molar refractivity (Wildman–Crippen MR) is 92.0 cm³/mol. The lowest BCUT2D eigenvalue weighted by molar-refractivity contribution is -0.136. The molecule has 9 heteroatoms. The molecule has 134 valence electrons. The maximum absolute atomic E-state index is 13.3. The van der Waals surface area contributed by atoms with E-state index in [0.717, 1.165) is 6.07 Å². The Morgan fingerprint density at radius 3 is 2.85 bits per heavy atom. The lowest BCUT2D eigenvalue weighted by Gasteiger charge is -2.12. The van der Waals surface area contributed by atoms with E-state index in [1.807, 2.05) is 6.92 Å². The van der Waals surface area contributed by atoms with E-state index in [2.05, 4.69) is 15.0 Å². The summed E-state index contributed by atoms with van der Waals surface area (Å²) in [5.74, 6) is 0.0855. The number of aromatic nitrogens is 2. The first-order valence-electron chi connectivity index (χ1n) is 7.81. The first-order chi connectivity index (χ1) is 12.4. The summed E-state index contributed by atoms with van der Waals surface area (Å²) in [6.07, 6.45) is -3.10. The summed E-state index contributed by atoms with van der Waals surface area (Å²) in [6, 6.07) is 3.54. The maximum Gasteiger partial charge on any atom is 0.418 e. The Balaban J connectivity index is 2.02. The molecule has 1 aliphatic rings. The highest BCUT2D eigenvalue weighted by molar-refractivity contribution is 7.13. The molecule has 26 heavy (non-hydrogen) atoms. The van der Waals surface area contributed by atoms with E-state index < -0.39 is 23.3 Å². The van der Waals surface area contributed by atoms with Gasteiger partial charge >= 0.3 is 6.18 Å². The Morgan fingerprint density at radius 1 is 1.38 bits per heavy atom. The zero-order valence-corrected chi connectivity index (χ0v) is 14.2. The van der Waals surface area contributed by atoms with Gasteiger partial charge in [-0.2, -0.15) is 18.2 Å². The Morgan fingerprint density at radius 2 is 2.19 bits per heavy atom. The molecule has 1 aromatic carbocycles. The van der Waals surface area contributed by atoms with Crippen molar-refractivity contribution in [1.82, 2.24) is 9.97 Å². The third-order valence-corrected chi connectivity index (χ3v) is 4.81. The van der Waals surface area contributed by atoms with Gasteiger partial charge in [-0.1, -0.05) is 13.0 Å². The van der Waals surface area contributed by atoms with E-state index in [9.17, 15) is 18.0 Å². The highest BCUT2D eigenvalue weighted by atomic mass is 32.1. The van der Waals surface area contributed by atoms with Gasteiger partial charge in [0.2, 0.25) is 16.5 Å². The molecule has 0 radical (unpaired) electrons. The van der Waals surface area contributed by atoms with Crippen LogP contribution in [0.2, 0.25) is 0 Å². The van der Waals surface area contributed by atoms with Crippen molar-refractivity contribution < 1.29 is 17.9 Å². The summed E-state index contributed by atoms with van der Waals surface area (Å²) in [6.45, 7) is 1.82. The number of alkyl halides is 3. The fourth-order valence-electron chi connectivity index (χ4n) is 3.00. The molecule has 4 rings (SSSR count). The van der Waals surface area contributed by atoms with E-state index in [-0.39, 0.29) is 22.4 Å². The van der Waals surface area contributed by atoms with Crippen LogP contribution >= 0.6 is 11.3 Å². The summed E-state index contributed by atoms with van der Waals surface area (Å²) in [7, 11) is 0. The van der Waals surface area contributed by atoms with E-state index in [0.29, 0.717) is 17.2 Å². The van der Waals surface area contributed by atoms with Crippen LogP contribution in [0.3, 0.4) is 0 Å². The fourth-order valence-corrected chi connectivity index (χ4v) is 3.50. The smallest absolute Gasteiger partial charge is 0.418 e. The molecule has 0 aliphatic carbocycles. The monoisotopic (exact) mass is 379 g/mol. The van der Waals surface area contributed by atoms with Gasteiger partial charge in [0.05, 0.1) is 16.8 Å². The molecular weight excluding hydrogens is 367 g/mol. The summed E-state index contributed by atoms with van der Waals surface area (Å²) in [5.41, 5.74) is -1.17. The zero-order chi connectivity index (χ0) is 18.5. The Hall–Kier alpha value is -2.68. The van der Waals surface area contributed by atoms with Gasteiger partial charge in [0, 0.05) is 17.0 Å². The molecule has 0 bridgehead atoms. The molecular formula is C17H12F3N3O2S. The van der Waals surface area contributed by atoms with E-state index >= 15 is 0 Å². The number of benzene rings is 1. The maximum atomic E-state index is 13.3. The molecule has 3 heterocycles. The number of para-hydroxylation sites is 1. The second-order valence-electron chi connectivity index (χ2n) is 5.72. The number of nitrogens with zero attached hydrogens (tertiary/aromatic N) is 2. The molecule has 3 aromatic rings. The van der Waals surface area contributed by atoms with Gasteiger partial charge in [0.1, 0.15) is 11.7 Å². The third-order valence-electron chi connectivity index (χ3n) is 4.15. The molecule has 1 aliphatic heterocycles. The normalized spacial score (nSPS) is 18.3. The standard InChI is InChI=1S/C17H12F3N3O2S/c1-2-10-13-11(15(25-10)23-16-21-6-7-26-16)14(24)8-4-3-5-9(12(8)22-13)17(18,19)20/h3-7,10H,2H2,1H3,(H,22,24)/b23-15+. The highest BCUT2D eigenvalue weighted by Gasteiger charge is 2.37. The molecule has 0 saturated carbocycles. The van der Waals surface area contributed by atoms with Crippen molar-refractivity contribution in [2.24, 2.45) is 4.99 Å². The van der Waals surface area contributed by atoms with E-state index in [4.69, 9.17) is 4.74 Å². The van der Waals surface area contributed by atoms with Crippen LogP contribution in [0.25, 0.3) is 10.9 Å². The highest BCUT2D eigenvalue weighted by Crippen LogP contribution is 2.37. The number of aromatic amines is 1. The average Bonchev–Trinajstić information content (AvgIpc) is 3.22. The van der Waals surface area contributed by atoms with Gasteiger partial charge in [-0.25, -0.2) is 4.98 Å².